The molecule has 7 heteroatoms. The Balaban J connectivity index is 3.01. The van der Waals surface area contributed by atoms with Crippen molar-refractivity contribution >= 4 is 35.1 Å². The number of phenolic OH excluding ortho intramolecular Hbond substituents is 1. The second-order valence-corrected chi connectivity index (χ2v) is 4.07. The molecule has 0 saturated carbocycles. The van der Waals surface area contributed by atoms with Gasteiger partial charge in [0.15, 0.2) is 0 Å². The third kappa shape index (κ3) is 3.51. The van der Waals surface area contributed by atoms with E-state index in [9.17, 15) is 14.7 Å². The van der Waals surface area contributed by atoms with Crippen molar-refractivity contribution in [3.05, 3.63) is 28.3 Å². The largest absolute Gasteiger partial charge is 0.507 e. The Bertz CT molecular complexity index is 476. The molecule has 0 fully saturated rings. The maximum Gasteiger partial charge on any atom is 0.341 e. The predicted octanol–water partition coefficient (Wildman–Crippen LogP) is 1.69. The molecule has 0 saturated heterocycles. The van der Waals surface area contributed by atoms with E-state index in [1.807, 2.05) is 0 Å². The van der Waals surface area contributed by atoms with Crippen LogP contribution in [0.4, 0.5) is 0 Å². The summed E-state index contributed by atoms with van der Waals surface area (Å²) in [5.74, 6) is -1.57. The van der Waals surface area contributed by atoms with Crippen molar-refractivity contribution in [2.75, 3.05) is 13.0 Å². The zero-order valence-electron chi connectivity index (χ0n) is 9.50. The van der Waals surface area contributed by atoms with E-state index >= 15 is 0 Å². The summed E-state index contributed by atoms with van der Waals surface area (Å²) in [6.07, 6.45) is 0. The molecule has 0 bridgehead atoms. The topological polar surface area (TPSA) is 75.6 Å². The monoisotopic (exact) mass is 291 g/mol. The van der Waals surface area contributed by atoms with Gasteiger partial charge in [0, 0.05) is 17.1 Å². The van der Waals surface area contributed by atoms with Crippen molar-refractivity contribution in [1.29, 1.82) is 0 Å². The highest BCUT2D eigenvalue weighted by Gasteiger charge is 2.16. The second kappa shape index (κ2) is 6.47. The van der Waals surface area contributed by atoms with E-state index in [4.69, 9.17) is 23.2 Å². The summed E-state index contributed by atoms with van der Waals surface area (Å²) in [5.41, 5.74) is 0.251. The number of carbonyl (C=O) groups excluding carboxylic acids is 2. The van der Waals surface area contributed by atoms with Crippen molar-refractivity contribution in [2.24, 2.45) is 0 Å². The van der Waals surface area contributed by atoms with Gasteiger partial charge in [-0.25, -0.2) is 4.79 Å². The Labute approximate surface area is 114 Å². The number of nitrogens with one attached hydrogen (secondary N) is 1. The van der Waals surface area contributed by atoms with E-state index < -0.39 is 11.9 Å². The lowest BCUT2D eigenvalue weighted by atomic mass is 10.1. The van der Waals surface area contributed by atoms with E-state index in [0.717, 1.165) is 0 Å². The minimum absolute atomic E-state index is 0.0158. The van der Waals surface area contributed by atoms with Gasteiger partial charge in [-0.05, 0) is 12.1 Å². The summed E-state index contributed by atoms with van der Waals surface area (Å²) in [6.45, 7) is 0.0158. The van der Waals surface area contributed by atoms with Crippen LogP contribution in [-0.2, 0) is 16.1 Å². The summed E-state index contributed by atoms with van der Waals surface area (Å²) < 4.78 is 4.51. The van der Waals surface area contributed by atoms with Crippen LogP contribution in [-0.4, -0.2) is 30.0 Å². The van der Waals surface area contributed by atoms with Gasteiger partial charge in [-0.3, -0.25) is 4.79 Å². The highest BCUT2D eigenvalue weighted by atomic mass is 35.5. The average Bonchev–Trinajstić information content (AvgIpc) is 2.37. The van der Waals surface area contributed by atoms with Gasteiger partial charge in [0.25, 0.3) is 0 Å². The average molecular weight is 292 g/mol. The summed E-state index contributed by atoms with van der Waals surface area (Å²) >= 11 is 11.1. The summed E-state index contributed by atoms with van der Waals surface area (Å²) in [6, 6.07) is 2.73. The minimum atomic E-state index is -0.708. The van der Waals surface area contributed by atoms with Crippen molar-refractivity contribution in [3.63, 3.8) is 0 Å². The molecule has 0 aliphatic rings. The first-order chi connectivity index (χ1) is 8.49. The Morgan fingerprint density at radius 1 is 1.44 bits per heavy atom. The van der Waals surface area contributed by atoms with Gasteiger partial charge in [-0.1, -0.05) is 11.6 Å². The van der Waals surface area contributed by atoms with Crippen LogP contribution in [0.3, 0.4) is 0 Å². The lowest BCUT2D eigenvalue weighted by Crippen LogP contribution is -2.24. The number of esters is 1. The lowest BCUT2D eigenvalue weighted by Gasteiger charge is -2.10. The molecule has 1 rings (SSSR count). The quantitative estimate of drug-likeness (QED) is 0.654. The number of alkyl halides is 1. The van der Waals surface area contributed by atoms with Crippen molar-refractivity contribution < 1.29 is 19.4 Å². The van der Waals surface area contributed by atoms with E-state index in [1.165, 1.54) is 19.2 Å². The third-order valence-electron chi connectivity index (χ3n) is 2.16. The summed E-state index contributed by atoms with van der Waals surface area (Å²) in [4.78, 5) is 22.4. The maximum atomic E-state index is 11.4. The molecule has 1 aromatic carbocycles. The van der Waals surface area contributed by atoms with Crippen LogP contribution >= 0.6 is 23.2 Å². The number of halogens is 2. The van der Waals surface area contributed by atoms with Crippen LogP contribution in [0.2, 0.25) is 5.02 Å². The molecule has 1 aromatic rings. The fourth-order valence-electron chi connectivity index (χ4n) is 1.30. The number of hydrogen-bond acceptors (Lipinski definition) is 4. The molecule has 2 N–H and O–H groups in total. The highest BCUT2D eigenvalue weighted by molar-refractivity contribution is 6.31. The van der Waals surface area contributed by atoms with Crippen LogP contribution in [0.1, 0.15) is 15.9 Å². The molecule has 18 heavy (non-hydrogen) atoms. The highest BCUT2D eigenvalue weighted by Crippen LogP contribution is 2.27. The fraction of sp³-hybridized carbons (Fsp3) is 0.273. The first-order valence-corrected chi connectivity index (χ1v) is 5.83. The Morgan fingerprint density at radius 3 is 2.67 bits per heavy atom. The molecule has 98 valence electrons. The number of hydrogen-bond donors (Lipinski definition) is 2. The number of amides is 1. The van der Waals surface area contributed by atoms with E-state index in [2.05, 4.69) is 10.1 Å². The lowest BCUT2D eigenvalue weighted by molar-refractivity contribution is -0.118. The summed E-state index contributed by atoms with van der Waals surface area (Å²) in [5, 5.41) is 12.6. The van der Waals surface area contributed by atoms with E-state index in [-0.39, 0.29) is 28.8 Å². The minimum Gasteiger partial charge on any atom is -0.507 e. The number of rotatable bonds is 4. The second-order valence-electron chi connectivity index (χ2n) is 3.36. The molecular weight excluding hydrogens is 281 g/mol. The predicted molar refractivity (Wildman–Crippen MR) is 67.0 cm³/mol. The molecule has 0 heterocycles. The van der Waals surface area contributed by atoms with E-state index in [0.29, 0.717) is 5.56 Å². The molecular formula is C11H11Cl2NO4. The normalized spacial score (nSPS) is 9.94. The van der Waals surface area contributed by atoms with Gasteiger partial charge >= 0.3 is 5.97 Å². The van der Waals surface area contributed by atoms with Crippen LogP contribution in [0, 0.1) is 0 Å². The van der Waals surface area contributed by atoms with Crippen molar-refractivity contribution in [1.82, 2.24) is 5.32 Å². The zero-order valence-corrected chi connectivity index (χ0v) is 11.0. The van der Waals surface area contributed by atoms with Crippen molar-refractivity contribution in [2.45, 2.75) is 6.54 Å². The van der Waals surface area contributed by atoms with Gasteiger partial charge in [0.2, 0.25) is 5.91 Å². The number of carbonyl (C=O) groups is 2. The zero-order chi connectivity index (χ0) is 13.7. The summed E-state index contributed by atoms with van der Waals surface area (Å²) in [7, 11) is 1.19. The molecule has 0 spiro atoms. The van der Waals surface area contributed by atoms with E-state index in [1.54, 1.807) is 0 Å². The SMILES string of the molecule is COC(=O)c1cc(Cl)cc(CNC(=O)CCl)c1O. The molecule has 0 atom stereocenters. The van der Waals surface area contributed by atoms with Gasteiger partial charge in [-0.15, -0.1) is 11.6 Å². The maximum absolute atomic E-state index is 11.4. The van der Waals surface area contributed by atoms with Crippen molar-refractivity contribution in [3.8, 4) is 5.75 Å². The number of benzene rings is 1. The van der Waals surface area contributed by atoms with Gasteiger partial charge in [0.1, 0.15) is 17.2 Å². The first kappa shape index (κ1) is 14.6. The number of methoxy groups -OCH3 is 1. The Hall–Kier alpha value is -1.46. The molecule has 0 aliphatic heterocycles. The van der Waals surface area contributed by atoms with Crippen LogP contribution in [0.25, 0.3) is 0 Å². The molecule has 5 nitrogen and oxygen atoms in total. The Kier molecular flexibility index (Phi) is 5.25. The molecule has 0 radical (unpaired) electrons. The smallest absolute Gasteiger partial charge is 0.341 e. The molecule has 1 amide bonds. The molecule has 0 unspecified atom stereocenters. The standard InChI is InChI=1S/C11H11Cl2NO4/c1-18-11(17)8-3-7(13)2-6(10(8)16)5-14-9(15)4-12/h2-3,16H,4-5H2,1H3,(H,14,15). The first-order valence-electron chi connectivity index (χ1n) is 4.92. The van der Waals surface area contributed by atoms with Crippen LogP contribution in [0.5, 0.6) is 5.75 Å². The Morgan fingerprint density at radius 2 is 2.11 bits per heavy atom. The molecule has 0 aromatic heterocycles. The third-order valence-corrected chi connectivity index (χ3v) is 2.62. The number of aromatic hydroxyl groups is 1. The number of phenols is 1. The van der Waals surface area contributed by atoms with Gasteiger partial charge in [0.05, 0.1) is 7.11 Å². The van der Waals surface area contributed by atoms with Crippen LogP contribution < -0.4 is 5.32 Å². The molecule has 0 aliphatic carbocycles. The van der Waals surface area contributed by atoms with Gasteiger partial charge < -0.3 is 15.2 Å². The van der Waals surface area contributed by atoms with Crippen LogP contribution in [0.15, 0.2) is 12.1 Å². The number of ether oxygens (including phenoxy) is 1. The fourth-order valence-corrected chi connectivity index (χ4v) is 1.63. The van der Waals surface area contributed by atoms with Gasteiger partial charge in [-0.2, -0.15) is 0 Å².